The Morgan fingerprint density at radius 1 is 0.875 bits per heavy atom. The monoisotopic (exact) mass is 434 g/mol. The van der Waals surface area contributed by atoms with E-state index in [1.165, 1.54) is 16.7 Å². The molecule has 0 bridgehead atoms. The van der Waals surface area contributed by atoms with E-state index < -0.39 is 0 Å². The first-order valence-electron chi connectivity index (χ1n) is 11.3. The first-order chi connectivity index (χ1) is 15.5. The van der Waals surface area contributed by atoms with Gasteiger partial charge in [-0.2, -0.15) is 0 Å². The van der Waals surface area contributed by atoms with Crippen molar-refractivity contribution in [3.8, 4) is 11.1 Å². The van der Waals surface area contributed by atoms with Crippen LogP contribution in [0.5, 0.6) is 0 Å². The minimum atomic E-state index is -0.220. The summed E-state index contributed by atoms with van der Waals surface area (Å²) < 4.78 is 4.96. The molecule has 0 aliphatic heterocycles. The molecule has 0 unspecified atom stereocenters. The van der Waals surface area contributed by atoms with Gasteiger partial charge in [0.1, 0.15) is 0 Å². The third-order valence-corrected chi connectivity index (χ3v) is 4.04. The Morgan fingerprint density at radius 3 is 1.81 bits per heavy atom. The molecule has 174 valence electrons. The molecule has 2 aromatic carbocycles. The molecule has 32 heavy (non-hydrogen) atoms. The Morgan fingerprint density at radius 2 is 1.38 bits per heavy atom. The molecule has 0 atom stereocenters. The molecule has 2 aromatic rings. The maximum Gasteiger partial charge on any atom is 0.333 e. The molecule has 0 aliphatic rings. The Hall–Kier alpha value is -3.13. The van der Waals surface area contributed by atoms with E-state index in [4.69, 9.17) is 4.74 Å². The van der Waals surface area contributed by atoms with E-state index in [-0.39, 0.29) is 5.97 Å². The van der Waals surface area contributed by atoms with Gasteiger partial charge in [0, 0.05) is 5.57 Å². The van der Waals surface area contributed by atoms with Crippen LogP contribution in [-0.2, 0) is 16.0 Å². The van der Waals surface area contributed by atoms with Crippen LogP contribution in [0.2, 0.25) is 0 Å². The number of benzene rings is 2. The summed E-state index contributed by atoms with van der Waals surface area (Å²) >= 11 is 0. The predicted octanol–water partition coefficient (Wildman–Crippen LogP) is 8.76. The summed E-state index contributed by atoms with van der Waals surface area (Å²) in [4.78, 5) is 11.5. The molecule has 0 spiro atoms. The van der Waals surface area contributed by atoms with Crippen LogP contribution < -0.4 is 0 Å². The lowest BCUT2D eigenvalue weighted by atomic mass is 10.0. The van der Waals surface area contributed by atoms with E-state index in [9.17, 15) is 4.79 Å². The Bertz CT molecular complexity index is 771. The van der Waals surface area contributed by atoms with Crippen molar-refractivity contribution in [2.24, 2.45) is 0 Å². The normalized spacial score (nSPS) is 9.75. The van der Waals surface area contributed by atoms with Crippen molar-refractivity contribution in [3.05, 3.63) is 109 Å². The molecule has 0 heterocycles. The fraction of sp³-hybridized carbons (Fsp3) is 0.300. The summed E-state index contributed by atoms with van der Waals surface area (Å²) in [6.07, 6.45) is 11.0. The molecule has 0 fully saturated rings. The second-order valence-corrected chi connectivity index (χ2v) is 6.35. The first kappa shape index (κ1) is 31.1. The average molecular weight is 435 g/mol. The molecule has 0 radical (unpaired) electrons. The minimum Gasteiger partial charge on any atom is -0.463 e. The number of hydrogen-bond donors (Lipinski definition) is 0. The summed E-state index contributed by atoms with van der Waals surface area (Å²) in [5.41, 5.74) is 4.41. The summed E-state index contributed by atoms with van der Waals surface area (Å²) in [5, 5.41) is 0. The van der Waals surface area contributed by atoms with Crippen molar-refractivity contribution in [1.29, 1.82) is 0 Å². The molecular weight excluding hydrogens is 392 g/mol. The van der Waals surface area contributed by atoms with Crippen LogP contribution in [0.3, 0.4) is 0 Å². The molecule has 0 N–H and O–H groups in total. The smallest absolute Gasteiger partial charge is 0.333 e. The van der Waals surface area contributed by atoms with Crippen molar-refractivity contribution < 1.29 is 9.53 Å². The van der Waals surface area contributed by atoms with Gasteiger partial charge in [0.2, 0.25) is 0 Å². The van der Waals surface area contributed by atoms with Crippen LogP contribution in [0.25, 0.3) is 11.1 Å². The number of esters is 1. The van der Waals surface area contributed by atoms with Gasteiger partial charge in [0.05, 0.1) is 6.61 Å². The third kappa shape index (κ3) is 15.7. The molecule has 0 amide bonds. The van der Waals surface area contributed by atoms with Crippen molar-refractivity contribution in [1.82, 2.24) is 0 Å². The number of carbonyl (C=O) groups excluding carboxylic acids is 1. The number of allylic oxidation sites excluding steroid dienone is 5. The van der Waals surface area contributed by atoms with Gasteiger partial charge in [-0.05, 0) is 57.2 Å². The van der Waals surface area contributed by atoms with Crippen LogP contribution in [-0.4, -0.2) is 12.6 Å². The first-order valence-corrected chi connectivity index (χ1v) is 11.3. The van der Waals surface area contributed by atoms with E-state index in [0.717, 1.165) is 12.8 Å². The molecule has 0 saturated carbocycles. The van der Waals surface area contributed by atoms with Crippen molar-refractivity contribution in [3.63, 3.8) is 0 Å². The van der Waals surface area contributed by atoms with Gasteiger partial charge in [-0.25, -0.2) is 4.79 Å². The lowest BCUT2D eigenvalue weighted by Gasteiger charge is -2.04. The molecule has 2 rings (SSSR count). The van der Waals surface area contributed by atoms with E-state index in [2.05, 4.69) is 49.6 Å². The zero-order valence-electron chi connectivity index (χ0n) is 20.9. The highest BCUT2D eigenvalue weighted by atomic mass is 16.5. The van der Waals surface area contributed by atoms with Gasteiger partial charge in [-0.1, -0.05) is 112 Å². The Labute approximate surface area is 197 Å². The Balaban J connectivity index is 0. The van der Waals surface area contributed by atoms with E-state index >= 15 is 0 Å². The molecule has 0 aliphatic carbocycles. The summed E-state index contributed by atoms with van der Waals surface area (Å²) in [6.45, 7) is 18.8. The van der Waals surface area contributed by atoms with E-state index in [1.54, 1.807) is 19.1 Å². The summed E-state index contributed by atoms with van der Waals surface area (Å²) in [5.74, 6) is -0.220. The fourth-order valence-electron chi connectivity index (χ4n) is 2.28. The largest absolute Gasteiger partial charge is 0.463 e. The Kier molecular flexibility index (Phi) is 21.9. The second-order valence-electron chi connectivity index (χ2n) is 6.35. The van der Waals surface area contributed by atoms with Gasteiger partial charge < -0.3 is 4.74 Å². The lowest BCUT2D eigenvalue weighted by Crippen LogP contribution is -2.05. The quantitative estimate of drug-likeness (QED) is 0.188. The maximum atomic E-state index is 11.5. The van der Waals surface area contributed by atoms with Crippen LogP contribution >= 0.6 is 0 Å². The maximum absolute atomic E-state index is 11.5. The number of rotatable bonds is 7. The van der Waals surface area contributed by atoms with Gasteiger partial charge in [-0.15, -0.1) is 0 Å². The minimum absolute atomic E-state index is 0.220. The molecule has 0 aromatic heterocycles. The van der Waals surface area contributed by atoms with Crippen LogP contribution in [0.1, 0.15) is 53.5 Å². The third-order valence-electron chi connectivity index (χ3n) is 4.04. The van der Waals surface area contributed by atoms with Gasteiger partial charge in [0.15, 0.2) is 0 Å². The molecule has 2 nitrogen and oxygen atoms in total. The van der Waals surface area contributed by atoms with Gasteiger partial charge in [-0.3, -0.25) is 0 Å². The van der Waals surface area contributed by atoms with Crippen molar-refractivity contribution in [2.75, 3.05) is 6.61 Å². The number of hydrogen-bond acceptors (Lipinski definition) is 2. The summed E-state index contributed by atoms with van der Waals surface area (Å²) in [6, 6.07) is 18.9. The highest BCUT2D eigenvalue weighted by Gasteiger charge is 2.03. The number of carbonyl (C=O) groups is 1. The van der Waals surface area contributed by atoms with E-state index in [1.807, 2.05) is 71.0 Å². The van der Waals surface area contributed by atoms with Gasteiger partial charge >= 0.3 is 5.97 Å². The lowest BCUT2D eigenvalue weighted by molar-refractivity contribution is -0.138. The SMILES string of the molecule is C/C=C\C.C=CC=C.CC.CCOC(=O)/C(C)=C/CCc1ccc(-c2ccccc2)cc1. The van der Waals surface area contributed by atoms with Crippen LogP contribution in [0.15, 0.2) is 104 Å². The number of ether oxygens (including phenoxy) is 1. The second kappa shape index (κ2) is 22.6. The zero-order chi connectivity index (χ0) is 24.6. The standard InChI is InChI=1S/C20H22O2.C4H8.C4H6.C2H6/c1-3-22-20(21)16(2)8-7-9-17-12-14-19(15-13-17)18-10-5-4-6-11-18;2*1-3-4-2;1-2/h4-6,8,10-15H,3,7,9H2,1-2H3;3-4H,1-2H3;3-4H,1-2H2;1-2H3/b16-8+;4-3-;;. The molecular formula is C30H42O2. The van der Waals surface area contributed by atoms with Crippen LogP contribution in [0, 0.1) is 0 Å². The number of aryl methyl sites for hydroxylation is 1. The molecule has 2 heteroatoms. The highest BCUT2D eigenvalue weighted by Crippen LogP contribution is 2.19. The van der Waals surface area contributed by atoms with Crippen molar-refractivity contribution in [2.45, 2.75) is 54.4 Å². The van der Waals surface area contributed by atoms with Gasteiger partial charge in [0.25, 0.3) is 0 Å². The predicted molar refractivity (Wildman–Crippen MR) is 143 cm³/mol. The highest BCUT2D eigenvalue weighted by molar-refractivity contribution is 5.87. The average Bonchev–Trinajstić information content (AvgIpc) is 2.86. The fourth-order valence-corrected chi connectivity index (χ4v) is 2.28. The topological polar surface area (TPSA) is 26.3 Å². The van der Waals surface area contributed by atoms with Crippen LogP contribution in [0.4, 0.5) is 0 Å². The zero-order valence-corrected chi connectivity index (χ0v) is 20.9. The summed E-state index contributed by atoms with van der Waals surface area (Å²) in [7, 11) is 0. The van der Waals surface area contributed by atoms with Crippen molar-refractivity contribution >= 4 is 5.97 Å². The molecule has 0 saturated heterocycles. The van der Waals surface area contributed by atoms with E-state index in [0.29, 0.717) is 12.2 Å².